The molecular formula is C18H20FNO4. The Kier molecular flexibility index (Phi) is 6.57. The molecule has 0 saturated carbocycles. The first-order valence-electron chi connectivity index (χ1n) is 7.60. The van der Waals surface area contributed by atoms with E-state index < -0.39 is 5.82 Å². The molecule has 6 heteroatoms. The summed E-state index contributed by atoms with van der Waals surface area (Å²) in [5.74, 6) is -0.328. The molecule has 0 spiro atoms. The molecule has 2 aromatic carbocycles. The summed E-state index contributed by atoms with van der Waals surface area (Å²) in [6.07, 6.45) is 0. The van der Waals surface area contributed by atoms with Crippen LogP contribution in [0, 0.1) is 5.82 Å². The average Bonchev–Trinajstić information content (AvgIpc) is 2.58. The summed E-state index contributed by atoms with van der Waals surface area (Å²) in [7, 11) is 1.54. The molecule has 0 atom stereocenters. The molecule has 0 heterocycles. The number of carbonyl (C=O) groups excluding carboxylic acids is 1. The quantitative estimate of drug-likeness (QED) is 0.751. The number of amides is 1. The Labute approximate surface area is 140 Å². The van der Waals surface area contributed by atoms with E-state index in [4.69, 9.17) is 14.2 Å². The van der Waals surface area contributed by atoms with Crippen LogP contribution in [0.5, 0.6) is 11.5 Å². The summed E-state index contributed by atoms with van der Waals surface area (Å²) in [5, 5.41) is 2.65. The molecule has 128 valence electrons. The normalized spacial score (nSPS) is 10.3. The van der Waals surface area contributed by atoms with Crippen LogP contribution in [0.25, 0.3) is 0 Å². The summed E-state index contributed by atoms with van der Waals surface area (Å²) in [5.41, 5.74) is 0.725. The topological polar surface area (TPSA) is 56.8 Å². The van der Waals surface area contributed by atoms with Crippen LogP contribution >= 0.6 is 0 Å². The van der Waals surface area contributed by atoms with Crippen molar-refractivity contribution in [1.29, 1.82) is 0 Å². The van der Waals surface area contributed by atoms with Crippen LogP contribution in [0.1, 0.15) is 17.3 Å². The van der Waals surface area contributed by atoms with E-state index in [1.807, 2.05) is 6.92 Å². The molecule has 0 saturated heterocycles. The third-order valence-corrected chi connectivity index (χ3v) is 3.17. The minimum atomic E-state index is -0.554. The lowest BCUT2D eigenvalue weighted by atomic mass is 10.2. The van der Waals surface area contributed by atoms with Crippen molar-refractivity contribution in [1.82, 2.24) is 0 Å². The van der Waals surface area contributed by atoms with Crippen LogP contribution in [0.15, 0.2) is 42.5 Å². The van der Waals surface area contributed by atoms with Gasteiger partial charge in [-0.25, -0.2) is 4.39 Å². The Bertz CT molecular complexity index is 690. The molecule has 0 aromatic heterocycles. The van der Waals surface area contributed by atoms with E-state index in [1.165, 1.54) is 12.1 Å². The lowest BCUT2D eigenvalue weighted by Gasteiger charge is -2.11. The SMILES string of the molecule is CCOc1ccccc1C(=O)Nc1ccc(OCCOC)c(F)c1. The molecule has 2 aromatic rings. The van der Waals surface area contributed by atoms with Gasteiger partial charge >= 0.3 is 0 Å². The number of rotatable bonds is 8. The Morgan fingerprint density at radius 2 is 1.88 bits per heavy atom. The zero-order valence-electron chi connectivity index (χ0n) is 13.7. The van der Waals surface area contributed by atoms with Crippen molar-refractivity contribution in [2.45, 2.75) is 6.92 Å². The standard InChI is InChI=1S/C18H20FNO4/c1-3-23-16-7-5-4-6-14(16)18(21)20-13-8-9-17(15(19)12-13)24-11-10-22-2/h4-9,12H,3,10-11H2,1-2H3,(H,20,21). The van der Waals surface area contributed by atoms with Crippen molar-refractivity contribution in [3.8, 4) is 11.5 Å². The minimum absolute atomic E-state index is 0.111. The third kappa shape index (κ3) is 4.70. The number of nitrogens with one attached hydrogen (secondary N) is 1. The van der Waals surface area contributed by atoms with Crippen molar-refractivity contribution in [3.63, 3.8) is 0 Å². The first kappa shape index (κ1) is 17.7. The Morgan fingerprint density at radius 3 is 2.58 bits per heavy atom. The summed E-state index contributed by atoms with van der Waals surface area (Å²) in [6, 6.07) is 11.1. The van der Waals surface area contributed by atoms with Crippen molar-refractivity contribution < 1.29 is 23.4 Å². The van der Waals surface area contributed by atoms with Gasteiger partial charge in [-0.1, -0.05) is 12.1 Å². The molecule has 0 radical (unpaired) electrons. The lowest BCUT2D eigenvalue weighted by Crippen LogP contribution is -2.14. The molecule has 1 N–H and O–H groups in total. The van der Waals surface area contributed by atoms with E-state index in [-0.39, 0.29) is 18.3 Å². The van der Waals surface area contributed by atoms with Crippen LogP contribution in [0.2, 0.25) is 0 Å². The van der Waals surface area contributed by atoms with Gasteiger partial charge in [-0.2, -0.15) is 0 Å². The number of methoxy groups -OCH3 is 1. The highest BCUT2D eigenvalue weighted by atomic mass is 19.1. The van der Waals surface area contributed by atoms with Crippen molar-refractivity contribution in [2.75, 3.05) is 32.2 Å². The van der Waals surface area contributed by atoms with Gasteiger partial charge in [0, 0.05) is 18.9 Å². The highest BCUT2D eigenvalue weighted by Gasteiger charge is 2.13. The summed E-state index contributed by atoms with van der Waals surface area (Å²) in [6.45, 7) is 2.91. The predicted molar refractivity (Wildman–Crippen MR) is 89.3 cm³/mol. The molecule has 0 aliphatic rings. The highest BCUT2D eigenvalue weighted by Crippen LogP contribution is 2.23. The van der Waals surface area contributed by atoms with Gasteiger partial charge in [-0.15, -0.1) is 0 Å². The molecule has 0 unspecified atom stereocenters. The largest absolute Gasteiger partial charge is 0.493 e. The van der Waals surface area contributed by atoms with Crippen LogP contribution in [0.3, 0.4) is 0 Å². The van der Waals surface area contributed by atoms with Gasteiger partial charge in [0.2, 0.25) is 0 Å². The van der Waals surface area contributed by atoms with Crippen molar-refractivity contribution >= 4 is 11.6 Å². The van der Waals surface area contributed by atoms with Gasteiger partial charge in [0.25, 0.3) is 5.91 Å². The van der Waals surface area contributed by atoms with Crippen LogP contribution in [-0.2, 0) is 4.74 Å². The van der Waals surface area contributed by atoms with Crippen LogP contribution in [-0.4, -0.2) is 32.8 Å². The zero-order chi connectivity index (χ0) is 17.4. The van der Waals surface area contributed by atoms with E-state index >= 15 is 0 Å². The van der Waals surface area contributed by atoms with Crippen LogP contribution in [0.4, 0.5) is 10.1 Å². The van der Waals surface area contributed by atoms with Gasteiger partial charge in [-0.05, 0) is 31.2 Å². The number of carbonyl (C=O) groups is 1. The summed E-state index contributed by atoms with van der Waals surface area (Å²) < 4.78 is 29.5. The molecule has 5 nitrogen and oxygen atoms in total. The fourth-order valence-corrected chi connectivity index (χ4v) is 2.06. The fraction of sp³-hybridized carbons (Fsp3) is 0.278. The molecule has 0 bridgehead atoms. The molecule has 0 fully saturated rings. The van der Waals surface area contributed by atoms with E-state index in [1.54, 1.807) is 37.4 Å². The molecule has 0 aliphatic heterocycles. The van der Waals surface area contributed by atoms with E-state index in [2.05, 4.69) is 5.32 Å². The number of halogens is 1. The predicted octanol–water partition coefficient (Wildman–Crippen LogP) is 3.50. The number of benzene rings is 2. The van der Waals surface area contributed by atoms with Crippen molar-refractivity contribution in [3.05, 3.63) is 53.8 Å². The molecular weight excluding hydrogens is 313 g/mol. The Balaban J connectivity index is 2.08. The van der Waals surface area contributed by atoms with Crippen LogP contribution < -0.4 is 14.8 Å². The van der Waals surface area contributed by atoms with Crippen molar-refractivity contribution in [2.24, 2.45) is 0 Å². The first-order valence-corrected chi connectivity index (χ1v) is 7.60. The zero-order valence-corrected chi connectivity index (χ0v) is 13.7. The van der Waals surface area contributed by atoms with E-state index in [0.717, 1.165) is 0 Å². The van der Waals surface area contributed by atoms with Gasteiger partial charge in [0.15, 0.2) is 11.6 Å². The number of hydrogen-bond donors (Lipinski definition) is 1. The maximum absolute atomic E-state index is 14.0. The minimum Gasteiger partial charge on any atom is -0.493 e. The first-order chi connectivity index (χ1) is 11.7. The number of para-hydroxylation sites is 1. The molecule has 2 rings (SSSR count). The van der Waals surface area contributed by atoms with E-state index in [9.17, 15) is 9.18 Å². The second kappa shape index (κ2) is 8.88. The molecule has 1 amide bonds. The number of ether oxygens (including phenoxy) is 3. The summed E-state index contributed by atoms with van der Waals surface area (Å²) in [4.78, 5) is 12.4. The maximum Gasteiger partial charge on any atom is 0.259 e. The second-order valence-electron chi connectivity index (χ2n) is 4.87. The molecule has 24 heavy (non-hydrogen) atoms. The fourth-order valence-electron chi connectivity index (χ4n) is 2.06. The molecule has 0 aliphatic carbocycles. The smallest absolute Gasteiger partial charge is 0.259 e. The van der Waals surface area contributed by atoms with Gasteiger partial charge in [0.1, 0.15) is 12.4 Å². The Morgan fingerprint density at radius 1 is 1.08 bits per heavy atom. The second-order valence-corrected chi connectivity index (χ2v) is 4.87. The number of hydrogen-bond acceptors (Lipinski definition) is 4. The monoisotopic (exact) mass is 333 g/mol. The van der Waals surface area contributed by atoms with E-state index in [0.29, 0.717) is 30.2 Å². The maximum atomic E-state index is 14.0. The average molecular weight is 333 g/mol. The van der Waals surface area contributed by atoms with Gasteiger partial charge in [0.05, 0.1) is 18.8 Å². The third-order valence-electron chi connectivity index (χ3n) is 3.17. The van der Waals surface area contributed by atoms with Gasteiger partial charge in [-0.3, -0.25) is 4.79 Å². The lowest BCUT2D eigenvalue weighted by molar-refractivity contribution is 0.102. The summed E-state index contributed by atoms with van der Waals surface area (Å²) >= 11 is 0. The Hall–Kier alpha value is -2.60. The highest BCUT2D eigenvalue weighted by molar-refractivity contribution is 6.06. The van der Waals surface area contributed by atoms with Gasteiger partial charge < -0.3 is 19.5 Å². The number of anilines is 1.